The normalized spacial score (nSPS) is 12.0. The van der Waals surface area contributed by atoms with Crippen LogP contribution in [0.2, 0.25) is 5.02 Å². The van der Waals surface area contributed by atoms with E-state index in [0.717, 1.165) is 59.9 Å². The highest BCUT2D eigenvalue weighted by Crippen LogP contribution is 2.28. The second-order valence-corrected chi connectivity index (χ2v) is 11.0. The average Bonchev–Trinajstić information content (AvgIpc) is 3.34. The van der Waals surface area contributed by atoms with Gasteiger partial charge in [-0.2, -0.15) is 9.61 Å². The van der Waals surface area contributed by atoms with Crippen LogP contribution in [0.3, 0.4) is 0 Å². The Morgan fingerprint density at radius 1 is 1.27 bits per heavy atom. The number of ether oxygens (including phenoxy) is 1. The fraction of sp³-hybridized carbons (Fsp3) is 0.516. The van der Waals surface area contributed by atoms with Crippen LogP contribution in [0, 0.1) is 6.92 Å². The number of rotatable bonds is 17. The molecule has 0 saturated heterocycles. The number of halogens is 1. The average molecular weight is 569 g/mol. The van der Waals surface area contributed by atoms with Crippen molar-refractivity contribution in [2.45, 2.75) is 72.1 Å². The standard InChI is InChI=1S/C31H45ClN6O2/c1-7-8-9-11-21(2)28-19-30-35-27(12-10-15-33)23(4)31(38(30)36-28)37(6)17-16-34-22(3)20-40-29-14-13-25(32)18-26(29)24(5)39/h13-14,18-19,21,34H,3,7-12,15-17,20,33H2,1-2,4-6H3. The fourth-order valence-electron chi connectivity index (χ4n) is 4.81. The number of nitrogens with zero attached hydrogens (tertiary/aromatic N) is 4. The molecule has 3 aromatic rings. The van der Waals surface area contributed by atoms with Crippen molar-refractivity contribution < 1.29 is 9.53 Å². The van der Waals surface area contributed by atoms with Gasteiger partial charge in [0.05, 0.1) is 11.3 Å². The van der Waals surface area contributed by atoms with E-state index in [1.54, 1.807) is 18.2 Å². The third-order valence-electron chi connectivity index (χ3n) is 7.20. The molecule has 40 heavy (non-hydrogen) atoms. The van der Waals surface area contributed by atoms with Crippen LogP contribution >= 0.6 is 11.6 Å². The Kier molecular flexibility index (Phi) is 11.8. The van der Waals surface area contributed by atoms with Crippen molar-refractivity contribution in [2.75, 3.05) is 38.2 Å². The number of hydrogen-bond acceptors (Lipinski definition) is 7. The molecule has 2 heterocycles. The monoisotopic (exact) mass is 568 g/mol. The highest BCUT2D eigenvalue weighted by Gasteiger charge is 2.19. The number of hydrogen-bond donors (Lipinski definition) is 2. The molecule has 0 aliphatic heterocycles. The van der Waals surface area contributed by atoms with E-state index >= 15 is 0 Å². The van der Waals surface area contributed by atoms with Crippen molar-refractivity contribution in [3.05, 3.63) is 64.1 Å². The summed E-state index contributed by atoms with van der Waals surface area (Å²) >= 11 is 6.04. The number of aryl methyl sites for hydroxylation is 1. The van der Waals surface area contributed by atoms with E-state index in [1.165, 1.54) is 26.2 Å². The maximum atomic E-state index is 11.9. The highest BCUT2D eigenvalue weighted by atomic mass is 35.5. The van der Waals surface area contributed by atoms with Crippen LogP contribution in [-0.4, -0.2) is 53.7 Å². The molecule has 0 aliphatic rings. The van der Waals surface area contributed by atoms with Gasteiger partial charge in [-0.1, -0.05) is 51.3 Å². The summed E-state index contributed by atoms with van der Waals surface area (Å²) in [6.45, 7) is 14.4. The van der Waals surface area contributed by atoms with Gasteiger partial charge in [-0.3, -0.25) is 4.79 Å². The number of Topliss-reactive ketones (excluding diaryl/α,β-unsaturated/α-hetero) is 1. The molecule has 8 nitrogen and oxygen atoms in total. The molecule has 3 rings (SSSR count). The van der Waals surface area contributed by atoms with E-state index in [2.05, 4.69) is 50.7 Å². The molecule has 1 atom stereocenters. The van der Waals surface area contributed by atoms with E-state index in [1.807, 2.05) is 4.52 Å². The van der Waals surface area contributed by atoms with Gasteiger partial charge in [-0.25, -0.2) is 4.98 Å². The van der Waals surface area contributed by atoms with E-state index in [4.69, 9.17) is 32.2 Å². The molecular weight excluding hydrogens is 524 g/mol. The van der Waals surface area contributed by atoms with Crippen molar-refractivity contribution in [2.24, 2.45) is 5.73 Å². The summed E-state index contributed by atoms with van der Waals surface area (Å²) in [5, 5.41) is 8.87. The minimum absolute atomic E-state index is 0.0975. The number of aromatic nitrogens is 3. The Balaban J connectivity index is 1.70. The van der Waals surface area contributed by atoms with Crippen molar-refractivity contribution >= 4 is 28.8 Å². The van der Waals surface area contributed by atoms with E-state index in [9.17, 15) is 4.79 Å². The van der Waals surface area contributed by atoms with E-state index in [-0.39, 0.29) is 12.4 Å². The molecule has 0 saturated carbocycles. The third-order valence-corrected chi connectivity index (χ3v) is 7.43. The van der Waals surface area contributed by atoms with Gasteiger partial charge in [-0.15, -0.1) is 0 Å². The quantitative estimate of drug-likeness (QED) is 0.150. The third kappa shape index (κ3) is 8.21. The number of ketones is 1. The SMILES string of the molecule is C=C(COc1ccc(Cl)cc1C(C)=O)NCCN(C)c1c(C)c(CCCN)nc2cc(C(C)CCCCC)nn12. The first kappa shape index (κ1) is 31.4. The number of likely N-dealkylation sites (N-methyl/N-ethyl adjacent to an activating group) is 1. The van der Waals surface area contributed by atoms with Crippen LogP contribution in [0.1, 0.15) is 86.1 Å². The Morgan fingerprint density at radius 3 is 2.75 bits per heavy atom. The predicted molar refractivity (Wildman–Crippen MR) is 165 cm³/mol. The van der Waals surface area contributed by atoms with Crippen LogP contribution in [0.25, 0.3) is 5.65 Å². The van der Waals surface area contributed by atoms with Gasteiger partial charge in [0.2, 0.25) is 0 Å². The Bertz CT molecular complexity index is 1300. The topological polar surface area (TPSA) is 97.8 Å². The maximum absolute atomic E-state index is 11.9. The number of anilines is 1. The zero-order chi connectivity index (χ0) is 29.2. The minimum atomic E-state index is -0.0975. The van der Waals surface area contributed by atoms with E-state index < -0.39 is 0 Å². The second kappa shape index (κ2) is 15.1. The molecule has 0 fully saturated rings. The van der Waals surface area contributed by atoms with E-state index in [0.29, 0.717) is 35.3 Å². The summed E-state index contributed by atoms with van der Waals surface area (Å²) in [6.07, 6.45) is 6.52. The van der Waals surface area contributed by atoms with Gasteiger partial charge in [0.1, 0.15) is 18.2 Å². The number of carbonyl (C=O) groups is 1. The molecule has 3 N–H and O–H groups in total. The highest BCUT2D eigenvalue weighted by molar-refractivity contribution is 6.31. The Labute approximate surface area is 243 Å². The van der Waals surface area contributed by atoms with Gasteiger partial charge in [-0.05, 0) is 57.9 Å². The fourth-order valence-corrected chi connectivity index (χ4v) is 4.98. The Morgan fingerprint density at radius 2 is 2.05 bits per heavy atom. The second-order valence-electron chi connectivity index (χ2n) is 10.6. The van der Waals surface area contributed by atoms with Crippen molar-refractivity contribution in [1.82, 2.24) is 19.9 Å². The first-order valence-corrected chi connectivity index (χ1v) is 14.7. The summed E-state index contributed by atoms with van der Waals surface area (Å²) in [5.74, 6) is 1.82. The van der Waals surface area contributed by atoms with Crippen LogP contribution in [-0.2, 0) is 6.42 Å². The lowest BCUT2D eigenvalue weighted by atomic mass is 10.0. The largest absolute Gasteiger partial charge is 0.487 e. The predicted octanol–water partition coefficient (Wildman–Crippen LogP) is 6.09. The maximum Gasteiger partial charge on any atom is 0.163 e. The van der Waals surface area contributed by atoms with Crippen LogP contribution < -0.4 is 20.7 Å². The van der Waals surface area contributed by atoms with Crippen molar-refractivity contribution in [3.8, 4) is 5.75 Å². The van der Waals surface area contributed by atoms with Crippen LogP contribution in [0.15, 0.2) is 36.5 Å². The summed E-state index contributed by atoms with van der Waals surface area (Å²) in [6, 6.07) is 7.18. The molecule has 1 aromatic carbocycles. The molecule has 218 valence electrons. The zero-order valence-electron chi connectivity index (χ0n) is 24.7. The summed E-state index contributed by atoms with van der Waals surface area (Å²) in [4.78, 5) is 19.1. The number of fused-ring (bicyclic) bond motifs is 1. The van der Waals surface area contributed by atoms with Crippen molar-refractivity contribution in [3.63, 3.8) is 0 Å². The van der Waals surface area contributed by atoms with Gasteiger partial charge < -0.3 is 20.7 Å². The summed E-state index contributed by atoms with van der Waals surface area (Å²) in [7, 11) is 2.08. The Hall–Kier alpha value is -3.10. The van der Waals surface area contributed by atoms with Crippen LogP contribution in [0.4, 0.5) is 5.82 Å². The van der Waals surface area contributed by atoms with Crippen molar-refractivity contribution in [1.29, 1.82) is 0 Å². The molecule has 0 bridgehead atoms. The molecule has 0 amide bonds. The van der Waals surface area contributed by atoms with Gasteiger partial charge >= 0.3 is 0 Å². The minimum Gasteiger partial charge on any atom is -0.487 e. The lowest BCUT2D eigenvalue weighted by Gasteiger charge is -2.24. The lowest BCUT2D eigenvalue weighted by molar-refractivity contribution is 0.101. The number of nitrogens with one attached hydrogen (secondary N) is 1. The van der Waals surface area contributed by atoms with Gasteiger partial charge in [0.15, 0.2) is 11.4 Å². The zero-order valence-corrected chi connectivity index (χ0v) is 25.5. The molecule has 2 aromatic heterocycles. The molecule has 0 radical (unpaired) electrons. The number of benzene rings is 1. The summed E-state index contributed by atoms with van der Waals surface area (Å²) < 4.78 is 7.85. The molecule has 0 aliphatic carbocycles. The first-order valence-electron chi connectivity index (χ1n) is 14.3. The summed E-state index contributed by atoms with van der Waals surface area (Å²) in [5.41, 5.74) is 11.2. The smallest absolute Gasteiger partial charge is 0.163 e. The number of carbonyl (C=O) groups excluding carboxylic acids is 1. The first-order chi connectivity index (χ1) is 19.2. The van der Waals surface area contributed by atoms with Crippen LogP contribution in [0.5, 0.6) is 5.75 Å². The number of unbranched alkanes of at least 4 members (excludes halogenated alkanes) is 2. The molecular formula is C31H45ClN6O2. The molecule has 1 unspecified atom stereocenters. The number of nitrogens with two attached hydrogens (primary N) is 1. The molecule has 0 spiro atoms. The van der Waals surface area contributed by atoms with Gasteiger partial charge in [0.25, 0.3) is 0 Å². The molecule has 9 heteroatoms. The lowest BCUT2D eigenvalue weighted by Crippen LogP contribution is -2.32. The van der Waals surface area contributed by atoms with Gasteiger partial charge in [0, 0.05) is 54.1 Å².